The van der Waals surface area contributed by atoms with Crippen molar-refractivity contribution >= 4 is 11.3 Å². The Kier molecular flexibility index (Phi) is 3.58. The summed E-state index contributed by atoms with van der Waals surface area (Å²) in [5.74, 6) is 0.635. The van der Waals surface area contributed by atoms with Gasteiger partial charge in [-0.1, -0.05) is 21.3 Å². The maximum atomic E-state index is 4.16. The van der Waals surface area contributed by atoms with E-state index in [1.807, 2.05) is 13.1 Å². The van der Waals surface area contributed by atoms with Crippen molar-refractivity contribution in [2.75, 3.05) is 0 Å². The second-order valence-electron chi connectivity index (χ2n) is 2.44. The van der Waals surface area contributed by atoms with Crippen LogP contribution in [0.5, 0.6) is 0 Å². The zero-order chi connectivity index (χ0) is 6.85. The highest BCUT2D eigenvalue weighted by atomic mass is 32.1. The minimum atomic E-state index is 0. The van der Waals surface area contributed by atoms with Gasteiger partial charge in [-0.15, -0.1) is 11.3 Å². The molecule has 1 aromatic rings. The van der Waals surface area contributed by atoms with Crippen molar-refractivity contribution in [3.8, 4) is 0 Å². The zero-order valence-corrected chi connectivity index (χ0v) is 6.83. The molecule has 0 unspecified atom stereocenters. The van der Waals surface area contributed by atoms with E-state index in [1.165, 1.54) is 9.88 Å². The SMILES string of the molecule is C.Cc1ncc(C(C)C)s1. The molecule has 0 spiro atoms. The summed E-state index contributed by atoms with van der Waals surface area (Å²) in [4.78, 5) is 5.54. The molecule has 0 radical (unpaired) electrons. The van der Waals surface area contributed by atoms with Gasteiger partial charge < -0.3 is 0 Å². The highest BCUT2D eigenvalue weighted by Gasteiger charge is 2.00. The van der Waals surface area contributed by atoms with Crippen molar-refractivity contribution in [2.24, 2.45) is 0 Å². The molecule has 0 fully saturated rings. The first kappa shape index (κ1) is 9.63. The Labute approximate surface area is 67.1 Å². The van der Waals surface area contributed by atoms with Crippen LogP contribution in [0.15, 0.2) is 6.20 Å². The summed E-state index contributed by atoms with van der Waals surface area (Å²) in [5, 5.41) is 1.17. The highest BCUT2D eigenvalue weighted by molar-refractivity contribution is 7.11. The van der Waals surface area contributed by atoms with Gasteiger partial charge in [0, 0.05) is 11.1 Å². The Balaban J connectivity index is 0.000000810. The first-order valence-corrected chi connectivity index (χ1v) is 3.94. The number of hydrogen-bond donors (Lipinski definition) is 0. The number of aryl methyl sites for hydroxylation is 1. The van der Waals surface area contributed by atoms with Gasteiger partial charge in [0.2, 0.25) is 0 Å². The van der Waals surface area contributed by atoms with Gasteiger partial charge in [-0.3, -0.25) is 0 Å². The van der Waals surface area contributed by atoms with Crippen LogP contribution in [0.1, 0.15) is 37.1 Å². The van der Waals surface area contributed by atoms with E-state index >= 15 is 0 Å². The van der Waals surface area contributed by atoms with Crippen LogP contribution in [0.25, 0.3) is 0 Å². The monoisotopic (exact) mass is 157 g/mol. The predicted octanol–water partition coefficient (Wildman–Crippen LogP) is 3.21. The van der Waals surface area contributed by atoms with Crippen molar-refractivity contribution in [3.05, 3.63) is 16.1 Å². The van der Waals surface area contributed by atoms with Crippen molar-refractivity contribution < 1.29 is 0 Å². The van der Waals surface area contributed by atoms with Crippen molar-refractivity contribution in [3.63, 3.8) is 0 Å². The minimum Gasteiger partial charge on any atom is -0.250 e. The van der Waals surface area contributed by atoms with Gasteiger partial charge in [0.1, 0.15) is 0 Å². The van der Waals surface area contributed by atoms with E-state index in [0.717, 1.165) is 0 Å². The summed E-state index contributed by atoms with van der Waals surface area (Å²) >= 11 is 1.78. The van der Waals surface area contributed by atoms with Crippen molar-refractivity contribution in [1.82, 2.24) is 4.98 Å². The van der Waals surface area contributed by atoms with Gasteiger partial charge in [-0.2, -0.15) is 0 Å². The van der Waals surface area contributed by atoms with Crippen molar-refractivity contribution in [1.29, 1.82) is 0 Å². The fourth-order valence-corrected chi connectivity index (χ4v) is 1.43. The lowest BCUT2D eigenvalue weighted by Gasteiger charge is -1.94. The first-order valence-electron chi connectivity index (χ1n) is 3.12. The Hall–Kier alpha value is -0.370. The first-order chi connectivity index (χ1) is 4.20. The normalized spacial score (nSPS) is 9.60. The molecule has 0 aliphatic carbocycles. The minimum absolute atomic E-state index is 0. The highest BCUT2D eigenvalue weighted by Crippen LogP contribution is 2.20. The molecule has 58 valence electrons. The van der Waals surface area contributed by atoms with Crippen LogP contribution in [0.4, 0.5) is 0 Å². The Morgan fingerprint density at radius 2 is 2.10 bits per heavy atom. The third-order valence-corrected chi connectivity index (χ3v) is 2.42. The summed E-state index contributed by atoms with van der Waals surface area (Å²) in [5.41, 5.74) is 0. The number of aromatic nitrogens is 1. The molecule has 2 heteroatoms. The molecule has 0 aliphatic heterocycles. The molecule has 0 amide bonds. The maximum Gasteiger partial charge on any atom is 0.0896 e. The Morgan fingerprint density at radius 3 is 2.30 bits per heavy atom. The van der Waals surface area contributed by atoms with Crippen LogP contribution in [0.3, 0.4) is 0 Å². The van der Waals surface area contributed by atoms with E-state index in [9.17, 15) is 0 Å². The quantitative estimate of drug-likeness (QED) is 0.610. The van der Waals surface area contributed by atoms with E-state index in [0.29, 0.717) is 5.92 Å². The topological polar surface area (TPSA) is 12.9 Å². The molecule has 0 atom stereocenters. The van der Waals surface area contributed by atoms with Gasteiger partial charge >= 0.3 is 0 Å². The van der Waals surface area contributed by atoms with E-state index in [2.05, 4.69) is 18.8 Å². The molecule has 0 aromatic carbocycles. The summed E-state index contributed by atoms with van der Waals surface area (Å²) in [7, 11) is 0. The van der Waals surface area contributed by atoms with Crippen molar-refractivity contribution in [2.45, 2.75) is 34.1 Å². The van der Waals surface area contributed by atoms with Crippen LogP contribution >= 0.6 is 11.3 Å². The van der Waals surface area contributed by atoms with Gasteiger partial charge in [0.25, 0.3) is 0 Å². The predicted molar refractivity (Wildman–Crippen MR) is 47.7 cm³/mol. The number of nitrogens with zero attached hydrogens (tertiary/aromatic N) is 1. The van der Waals surface area contributed by atoms with Gasteiger partial charge in [0.15, 0.2) is 0 Å². The Bertz CT molecular complexity index is 191. The summed E-state index contributed by atoms with van der Waals surface area (Å²) in [6, 6.07) is 0. The second-order valence-corrected chi connectivity index (χ2v) is 3.70. The smallest absolute Gasteiger partial charge is 0.0896 e. The number of thiazole rings is 1. The fraction of sp³-hybridized carbons (Fsp3) is 0.625. The molecular weight excluding hydrogens is 142 g/mol. The molecule has 0 aliphatic rings. The average molecular weight is 157 g/mol. The molecule has 1 nitrogen and oxygen atoms in total. The molecule has 10 heavy (non-hydrogen) atoms. The van der Waals surface area contributed by atoms with Crippen LogP contribution < -0.4 is 0 Å². The molecule has 0 saturated carbocycles. The second kappa shape index (κ2) is 3.71. The van der Waals surface area contributed by atoms with E-state index in [4.69, 9.17) is 0 Å². The standard InChI is InChI=1S/C7H11NS.CH4/c1-5(2)7-4-8-6(3)9-7;/h4-5H,1-3H3;1H4. The molecule has 1 aromatic heterocycles. The van der Waals surface area contributed by atoms with E-state index in [-0.39, 0.29) is 7.43 Å². The Morgan fingerprint density at radius 1 is 1.50 bits per heavy atom. The van der Waals surface area contributed by atoms with E-state index < -0.39 is 0 Å². The molecule has 1 heterocycles. The number of hydrogen-bond acceptors (Lipinski definition) is 2. The molecule has 1 rings (SSSR count). The van der Waals surface area contributed by atoms with Crippen LogP contribution in [-0.4, -0.2) is 4.98 Å². The third-order valence-electron chi connectivity index (χ3n) is 1.21. The largest absolute Gasteiger partial charge is 0.250 e. The molecule has 0 bridgehead atoms. The molecule has 0 N–H and O–H groups in total. The van der Waals surface area contributed by atoms with Crippen LogP contribution in [-0.2, 0) is 0 Å². The van der Waals surface area contributed by atoms with Gasteiger partial charge in [0.05, 0.1) is 5.01 Å². The lowest BCUT2D eigenvalue weighted by molar-refractivity contribution is 0.885. The van der Waals surface area contributed by atoms with E-state index in [1.54, 1.807) is 11.3 Å². The molecular formula is C8H15NS. The number of rotatable bonds is 1. The molecule has 0 saturated heterocycles. The van der Waals surface area contributed by atoms with Gasteiger partial charge in [-0.05, 0) is 12.8 Å². The maximum absolute atomic E-state index is 4.16. The van der Waals surface area contributed by atoms with Gasteiger partial charge in [-0.25, -0.2) is 4.98 Å². The van der Waals surface area contributed by atoms with Crippen LogP contribution in [0.2, 0.25) is 0 Å². The fourth-order valence-electron chi connectivity index (χ4n) is 0.645. The summed E-state index contributed by atoms with van der Waals surface area (Å²) < 4.78 is 0. The lowest BCUT2D eigenvalue weighted by Crippen LogP contribution is -1.77. The van der Waals surface area contributed by atoms with Crippen LogP contribution in [0, 0.1) is 6.92 Å². The summed E-state index contributed by atoms with van der Waals surface area (Å²) in [6.07, 6.45) is 1.96. The average Bonchev–Trinajstić information content (AvgIpc) is 2.14. The summed E-state index contributed by atoms with van der Waals surface area (Å²) in [6.45, 7) is 6.41. The third kappa shape index (κ3) is 2.10. The zero-order valence-electron chi connectivity index (χ0n) is 6.01. The lowest BCUT2D eigenvalue weighted by atomic mass is 10.2.